The second-order valence-electron chi connectivity index (χ2n) is 10.0. The molecule has 0 spiro atoms. The molecule has 2 atom stereocenters. The van der Waals surface area contributed by atoms with Crippen LogP contribution in [0.2, 0.25) is 0 Å². The lowest BCUT2D eigenvalue weighted by molar-refractivity contribution is -0.147. The minimum atomic E-state index is -0.904. The van der Waals surface area contributed by atoms with Crippen LogP contribution < -0.4 is 10.6 Å². The van der Waals surface area contributed by atoms with Gasteiger partial charge in [0.05, 0.1) is 13.0 Å². The summed E-state index contributed by atoms with van der Waals surface area (Å²) in [6, 6.07) is 5.68. The predicted octanol–water partition coefficient (Wildman–Crippen LogP) is 3.65. The van der Waals surface area contributed by atoms with E-state index in [9.17, 15) is 19.2 Å². The summed E-state index contributed by atoms with van der Waals surface area (Å²) in [5.74, 6) is -1.15. The SMILES string of the molecule is CCOC(=O)CCNC(=O)C(c1ccc(CC)cc1)N(C(=O)C(C)NC(=O)OC(C)(C)C)C1CCC1. The summed E-state index contributed by atoms with van der Waals surface area (Å²) >= 11 is 0. The first-order chi connectivity index (χ1) is 17.0. The number of hydrogen-bond acceptors (Lipinski definition) is 6. The predicted molar refractivity (Wildman–Crippen MR) is 136 cm³/mol. The normalized spacial score (nSPS) is 15.2. The number of ether oxygens (including phenoxy) is 2. The highest BCUT2D eigenvalue weighted by atomic mass is 16.6. The second-order valence-corrected chi connectivity index (χ2v) is 10.0. The van der Waals surface area contributed by atoms with E-state index in [0.717, 1.165) is 31.2 Å². The number of rotatable bonds is 11. The summed E-state index contributed by atoms with van der Waals surface area (Å²) in [4.78, 5) is 52.8. The van der Waals surface area contributed by atoms with Crippen molar-refractivity contribution in [1.29, 1.82) is 0 Å². The molecule has 0 aliphatic heterocycles. The van der Waals surface area contributed by atoms with Crippen molar-refractivity contribution < 1.29 is 28.7 Å². The van der Waals surface area contributed by atoms with Gasteiger partial charge in [-0.25, -0.2) is 4.79 Å². The maximum Gasteiger partial charge on any atom is 0.408 e. The van der Waals surface area contributed by atoms with Crippen LogP contribution in [0.5, 0.6) is 0 Å². The number of nitrogens with one attached hydrogen (secondary N) is 2. The van der Waals surface area contributed by atoms with Crippen molar-refractivity contribution >= 4 is 23.9 Å². The van der Waals surface area contributed by atoms with E-state index in [1.54, 1.807) is 39.5 Å². The van der Waals surface area contributed by atoms with Crippen molar-refractivity contribution in [2.75, 3.05) is 13.2 Å². The minimum absolute atomic E-state index is 0.0368. The van der Waals surface area contributed by atoms with Crippen molar-refractivity contribution in [1.82, 2.24) is 15.5 Å². The molecule has 0 aromatic heterocycles. The Morgan fingerprint density at radius 2 is 1.72 bits per heavy atom. The molecule has 9 nitrogen and oxygen atoms in total. The Hall–Kier alpha value is -3.10. The first kappa shape index (κ1) is 29.1. The molecule has 0 saturated heterocycles. The van der Waals surface area contributed by atoms with Crippen LogP contribution in [0, 0.1) is 0 Å². The van der Waals surface area contributed by atoms with Gasteiger partial charge < -0.3 is 25.0 Å². The Morgan fingerprint density at radius 3 is 2.22 bits per heavy atom. The molecular weight excluding hydrogens is 462 g/mol. The number of amides is 3. The van der Waals surface area contributed by atoms with Gasteiger partial charge in [0.2, 0.25) is 11.8 Å². The quantitative estimate of drug-likeness (QED) is 0.446. The number of aryl methyl sites for hydroxylation is 1. The molecule has 1 saturated carbocycles. The highest BCUT2D eigenvalue weighted by molar-refractivity contribution is 5.92. The molecule has 36 heavy (non-hydrogen) atoms. The van der Waals surface area contributed by atoms with Crippen molar-refractivity contribution in [3.63, 3.8) is 0 Å². The average Bonchev–Trinajstić information content (AvgIpc) is 2.76. The highest BCUT2D eigenvalue weighted by Crippen LogP contribution is 2.33. The Labute approximate surface area is 214 Å². The zero-order chi connectivity index (χ0) is 26.9. The zero-order valence-electron chi connectivity index (χ0n) is 22.4. The Morgan fingerprint density at radius 1 is 1.08 bits per heavy atom. The van der Waals surface area contributed by atoms with Crippen LogP contribution in [-0.4, -0.2) is 59.6 Å². The van der Waals surface area contributed by atoms with Gasteiger partial charge >= 0.3 is 12.1 Å². The van der Waals surface area contributed by atoms with Crippen LogP contribution in [-0.2, 0) is 30.3 Å². The molecule has 0 bridgehead atoms. The number of hydrogen-bond donors (Lipinski definition) is 2. The number of alkyl carbamates (subject to hydrolysis) is 1. The van der Waals surface area contributed by atoms with Crippen LogP contribution >= 0.6 is 0 Å². The van der Waals surface area contributed by atoms with Gasteiger partial charge in [-0.2, -0.15) is 0 Å². The molecule has 2 N–H and O–H groups in total. The Kier molecular flexibility index (Phi) is 10.7. The van der Waals surface area contributed by atoms with Crippen LogP contribution in [0.3, 0.4) is 0 Å². The first-order valence-corrected chi connectivity index (χ1v) is 12.8. The van der Waals surface area contributed by atoms with E-state index in [0.29, 0.717) is 5.56 Å². The highest BCUT2D eigenvalue weighted by Gasteiger charge is 2.40. The maximum absolute atomic E-state index is 13.7. The van der Waals surface area contributed by atoms with Gasteiger partial charge in [-0.1, -0.05) is 31.2 Å². The lowest BCUT2D eigenvalue weighted by Gasteiger charge is -2.43. The number of esters is 1. The molecule has 0 heterocycles. The van der Waals surface area contributed by atoms with Gasteiger partial charge in [0.1, 0.15) is 17.7 Å². The number of benzene rings is 1. The number of carbonyl (C=O) groups excluding carboxylic acids is 4. The third kappa shape index (κ3) is 8.53. The van der Waals surface area contributed by atoms with Crippen molar-refractivity contribution in [3.05, 3.63) is 35.4 Å². The largest absolute Gasteiger partial charge is 0.466 e. The number of carbonyl (C=O) groups is 4. The topological polar surface area (TPSA) is 114 Å². The Bertz CT molecular complexity index is 905. The molecule has 200 valence electrons. The van der Waals surface area contributed by atoms with Crippen LogP contribution in [0.15, 0.2) is 24.3 Å². The van der Waals surface area contributed by atoms with Gasteiger partial charge in [-0.15, -0.1) is 0 Å². The van der Waals surface area contributed by atoms with E-state index in [1.165, 1.54) is 0 Å². The van der Waals surface area contributed by atoms with E-state index in [4.69, 9.17) is 9.47 Å². The van der Waals surface area contributed by atoms with Gasteiger partial charge in [-0.05, 0) is 71.4 Å². The van der Waals surface area contributed by atoms with Crippen LogP contribution in [0.4, 0.5) is 4.79 Å². The summed E-state index contributed by atoms with van der Waals surface area (Å²) in [7, 11) is 0. The molecule has 1 aromatic rings. The number of nitrogens with zero attached hydrogens (tertiary/aromatic N) is 1. The van der Waals surface area contributed by atoms with Crippen LogP contribution in [0.25, 0.3) is 0 Å². The molecule has 2 unspecified atom stereocenters. The van der Waals surface area contributed by atoms with Crippen molar-refractivity contribution in [2.45, 2.75) is 97.4 Å². The monoisotopic (exact) mass is 503 g/mol. The van der Waals surface area contributed by atoms with E-state index >= 15 is 0 Å². The summed E-state index contributed by atoms with van der Waals surface area (Å²) in [6.07, 6.45) is 2.68. The average molecular weight is 504 g/mol. The van der Waals surface area contributed by atoms with E-state index in [-0.39, 0.29) is 37.4 Å². The molecule has 0 radical (unpaired) electrons. The van der Waals surface area contributed by atoms with E-state index in [2.05, 4.69) is 10.6 Å². The molecule has 1 aliphatic carbocycles. The fraction of sp³-hybridized carbons (Fsp3) is 0.630. The second kappa shape index (κ2) is 13.3. The van der Waals surface area contributed by atoms with Gasteiger partial charge in [0.15, 0.2) is 0 Å². The first-order valence-electron chi connectivity index (χ1n) is 12.8. The summed E-state index contributed by atoms with van der Waals surface area (Å²) in [5, 5.41) is 5.41. The molecule has 3 amide bonds. The summed E-state index contributed by atoms with van der Waals surface area (Å²) < 4.78 is 10.2. The van der Waals surface area contributed by atoms with Crippen molar-refractivity contribution in [3.8, 4) is 0 Å². The lowest BCUT2D eigenvalue weighted by Crippen LogP contribution is -2.56. The van der Waals surface area contributed by atoms with Gasteiger partial charge in [-0.3, -0.25) is 14.4 Å². The zero-order valence-corrected chi connectivity index (χ0v) is 22.4. The van der Waals surface area contributed by atoms with E-state index < -0.39 is 29.7 Å². The fourth-order valence-corrected chi connectivity index (χ4v) is 3.94. The van der Waals surface area contributed by atoms with Gasteiger partial charge in [0, 0.05) is 12.6 Å². The third-order valence-corrected chi connectivity index (χ3v) is 5.99. The van der Waals surface area contributed by atoms with E-state index in [1.807, 2.05) is 31.2 Å². The fourth-order valence-electron chi connectivity index (χ4n) is 3.94. The maximum atomic E-state index is 13.7. The lowest BCUT2D eigenvalue weighted by atomic mass is 9.88. The molecule has 1 aromatic carbocycles. The Balaban J connectivity index is 2.31. The molecule has 1 aliphatic rings. The molecule has 2 rings (SSSR count). The van der Waals surface area contributed by atoms with Crippen LogP contribution in [0.1, 0.15) is 84.4 Å². The summed E-state index contributed by atoms with van der Waals surface area (Å²) in [6.45, 7) is 11.0. The molecule has 1 fully saturated rings. The summed E-state index contributed by atoms with van der Waals surface area (Å²) in [5.41, 5.74) is 1.08. The van der Waals surface area contributed by atoms with Crippen molar-refractivity contribution in [2.24, 2.45) is 0 Å². The standard InChI is InChI=1S/C27H41N3O6/c1-7-19-12-14-20(15-13-19)23(24(32)28-17-16-22(31)35-8-2)30(21-10-9-11-21)25(33)18(3)29-26(34)36-27(4,5)6/h12-15,18,21,23H,7-11,16-17H2,1-6H3,(H,28,32)(H,29,34). The minimum Gasteiger partial charge on any atom is -0.466 e. The third-order valence-electron chi connectivity index (χ3n) is 5.99. The smallest absolute Gasteiger partial charge is 0.408 e. The molecule has 9 heteroatoms. The molecular formula is C27H41N3O6. The van der Waals surface area contributed by atoms with Gasteiger partial charge in [0.25, 0.3) is 0 Å².